The fourth-order valence-electron chi connectivity index (χ4n) is 7.33. The summed E-state index contributed by atoms with van der Waals surface area (Å²) in [4.78, 5) is 0. The maximum Gasteiger partial charge on any atom is -0.0295 e. The van der Waals surface area contributed by atoms with E-state index in [-0.39, 0.29) is 0 Å². The van der Waals surface area contributed by atoms with Crippen molar-refractivity contribution in [2.45, 2.75) is 183 Å². The Hall–Kier alpha value is 0. The third kappa shape index (κ3) is 13.0. The van der Waals surface area contributed by atoms with Gasteiger partial charge in [0, 0.05) is 0 Å². The van der Waals surface area contributed by atoms with Gasteiger partial charge in [0.25, 0.3) is 0 Å². The van der Waals surface area contributed by atoms with E-state index in [1.807, 2.05) is 0 Å². The molecule has 0 heterocycles. The van der Waals surface area contributed by atoms with Crippen LogP contribution in [0.15, 0.2) is 0 Å². The normalized spacial score (nSPS) is 21.5. The molecule has 0 radical (unpaired) electrons. The molecule has 1 aliphatic carbocycles. The van der Waals surface area contributed by atoms with Gasteiger partial charge in [-0.05, 0) is 54.8 Å². The van der Waals surface area contributed by atoms with Crippen molar-refractivity contribution < 1.29 is 0 Å². The van der Waals surface area contributed by atoms with E-state index in [4.69, 9.17) is 0 Å². The molecule has 1 rings (SSSR count). The van der Waals surface area contributed by atoms with Crippen molar-refractivity contribution in [1.29, 1.82) is 0 Å². The Bertz CT molecular complexity index is 424. The molecular weight excluding hydrogens is 396 g/mol. The topological polar surface area (TPSA) is 0 Å². The summed E-state index contributed by atoms with van der Waals surface area (Å²) >= 11 is 0. The largest absolute Gasteiger partial charge is 0.0654 e. The van der Waals surface area contributed by atoms with Crippen LogP contribution in [0.4, 0.5) is 0 Å². The minimum absolute atomic E-state index is 0.613. The van der Waals surface area contributed by atoms with E-state index in [0.29, 0.717) is 5.41 Å². The van der Waals surface area contributed by atoms with Crippen molar-refractivity contribution in [3.63, 3.8) is 0 Å². The molecule has 1 saturated carbocycles. The van der Waals surface area contributed by atoms with Gasteiger partial charge in [0.05, 0.1) is 0 Å². The zero-order chi connectivity index (χ0) is 24.4. The molecule has 0 nitrogen and oxygen atoms in total. The molecule has 0 heteroatoms. The maximum absolute atomic E-state index is 2.70. The lowest BCUT2D eigenvalue weighted by atomic mass is 9.64. The zero-order valence-electron chi connectivity index (χ0n) is 24.4. The standard InChI is InChI=1S/C33H66/c1-7-10-11-12-13-14-15-16-17-18-19-20-21-27-33(6,26-9-3)32-25-22-24-31(32)28-30(23-8-2)29(4)5/h29-32H,7-28H2,1-6H3. The van der Waals surface area contributed by atoms with Crippen molar-refractivity contribution in [2.75, 3.05) is 0 Å². The minimum Gasteiger partial charge on any atom is -0.0654 e. The maximum atomic E-state index is 2.70. The van der Waals surface area contributed by atoms with Crippen LogP contribution < -0.4 is 0 Å². The predicted molar refractivity (Wildman–Crippen MR) is 152 cm³/mol. The van der Waals surface area contributed by atoms with Crippen LogP contribution in [0.5, 0.6) is 0 Å². The second-order valence-corrected chi connectivity index (χ2v) is 12.7. The fourth-order valence-corrected chi connectivity index (χ4v) is 7.33. The van der Waals surface area contributed by atoms with Crippen LogP contribution in [-0.2, 0) is 0 Å². The van der Waals surface area contributed by atoms with E-state index in [1.165, 1.54) is 141 Å². The summed E-state index contributed by atoms with van der Waals surface area (Å²) in [5.41, 5.74) is 0.613. The molecule has 0 aliphatic heterocycles. The molecule has 198 valence electrons. The minimum atomic E-state index is 0.613. The van der Waals surface area contributed by atoms with Gasteiger partial charge in [-0.1, -0.05) is 157 Å². The van der Waals surface area contributed by atoms with E-state index in [0.717, 1.165) is 23.7 Å². The highest BCUT2D eigenvalue weighted by Crippen LogP contribution is 2.51. The van der Waals surface area contributed by atoms with Crippen molar-refractivity contribution in [2.24, 2.45) is 29.1 Å². The molecule has 0 N–H and O–H groups in total. The first-order chi connectivity index (χ1) is 16.0. The van der Waals surface area contributed by atoms with E-state index in [1.54, 1.807) is 0 Å². The van der Waals surface area contributed by atoms with E-state index in [2.05, 4.69) is 41.5 Å². The van der Waals surface area contributed by atoms with Crippen molar-refractivity contribution in [1.82, 2.24) is 0 Å². The zero-order valence-corrected chi connectivity index (χ0v) is 24.4. The smallest absolute Gasteiger partial charge is 0.0295 e. The van der Waals surface area contributed by atoms with Crippen LogP contribution in [0.2, 0.25) is 0 Å². The molecule has 0 amide bonds. The van der Waals surface area contributed by atoms with E-state index in [9.17, 15) is 0 Å². The van der Waals surface area contributed by atoms with Gasteiger partial charge in [-0.2, -0.15) is 0 Å². The Morgan fingerprint density at radius 2 is 1.18 bits per heavy atom. The Morgan fingerprint density at radius 3 is 1.67 bits per heavy atom. The number of unbranched alkanes of at least 4 members (excludes halogenated alkanes) is 12. The highest BCUT2D eigenvalue weighted by molar-refractivity contribution is 4.91. The van der Waals surface area contributed by atoms with Crippen LogP contribution in [0.1, 0.15) is 183 Å². The van der Waals surface area contributed by atoms with Gasteiger partial charge in [0.1, 0.15) is 0 Å². The van der Waals surface area contributed by atoms with Gasteiger partial charge in [0.15, 0.2) is 0 Å². The summed E-state index contributed by atoms with van der Waals surface area (Å²) in [5, 5.41) is 0. The third-order valence-corrected chi connectivity index (χ3v) is 9.43. The number of hydrogen-bond acceptors (Lipinski definition) is 0. The highest BCUT2D eigenvalue weighted by Gasteiger charge is 2.41. The molecule has 33 heavy (non-hydrogen) atoms. The Labute approximate surface area is 211 Å². The quantitative estimate of drug-likeness (QED) is 0.140. The van der Waals surface area contributed by atoms with Crippen molar-refractivity contribution >= 4 is 0 Å². The molecule has 0 bridgehead atoms. The summed E-state index contributed by atoms with van der Waals surface area (Å²) in [6.07, 6.45) is 32.3. The Morgan fingerprint density at radius 1 is 0.636 bits per heavy atom. The van der Waals surface area contributed by atoms with Gasteiger partial charge in [0.2, 0.25) is 0 Å². The average Bonchev–Trinajstić information content (AvgIpc) is 3.26. The summed E-state index contributed by atoms with van der Waals surface area (Å²) < 4.78 is 0. The van der Waals surface area contributed by atoms with Crippen molar-refractivity contribution in [3.8, 4) is 0 Å². The van der Waals surface area contributed by atoms with Gasteiger partial charge in [-0.25, -0.2) is 0 Å². The van der Waals surface area contributed by atoms with Crippen LogP contribution in [0, 0.1) is 29.1 Å². The van der Waals surface area contributed by atoms with Crippen molar-refractivity contribution in [3.05, 3.63) is 0 Å². The lowest BCUT2D eigenvalue weighted by molar-refractivity contribution is 0.0914. The van der Waals surface area contributed by atoms with Crippen LogP contribution in [-0.4, -0.2) is 0 Å². The van der Waals surface area contributed by atoms with Gasteiger partial charge < -0.3 is 0 Å². The molecule has 0 aromatic heterocycles. The van der Waals surface area contributed by atoms with Gasteiger partial charge >= 0.3 is 0 Å². The second-order valence-electron chi connectivity index (χ2n) is 12.7. The summed E-state index contributed by atoms with van der Waals surface area (Å²) in [6.45, 7) is 14.8. The molecular formula is C33H66. The van der Waals surface area contributed by atoms with Crippen LogP contribution in [0.3, 0.4) is 0 Å². The third-order valence-electron chi connectivity index (χ3n) is 9.43. The second kappa shape index (κ2) is 19.2. The monoisotopic (exact) mass is 463 g/mol. The average molecular weight is 463 g/mol. The van der Waals surface area contributed by atoms with Gasteiger partial charge in [-0.15, -0.1) is 0 Å². The lowest BCUT2D eigenvalue weighted by Gasteiger charge is -2.41. The number of hydrogen-bond donors (Lipinski definition) is 0. The molecule has 0 aromatic carbocycles. The van der Waals surface area contributed by atoms with Crippen LogP contribution in [0.25, 0.3) is 0 Å². The summed E-state index contributed by atoms with van der Waals surface area (Å²) in [7, 11) is 0. The predicted octanol–water partition coefficient (Wildman–Crippen LogP) is 12.2. The fraction of sp³-hybridized carbons (Fsp3) is 1.00. The number of rotatable bonds is 22. The molecule has 4 unspecified atom stereocenters. The van der Waals surface area contributed by atoms with Crippen LogP contribution >= 0.6 is 0 Å². The lowest BCUT2D eigenvalue weighted by Crippen LogP contribution is -2.32. The molecule has 1 fully saturated rings. The first-order valence-electron chi connectivity index (χ1n) is 16.0. The first-order valence-corrected chi connectivity index (χ1v) is 16.0. The van der Waals surface area contributed by atoms with Gasteiger partial charge in [-0.3, -0.25) is 0 Å². The molecule has 0 aromatic rings. The molecule has 1 aliphatic rings. The molecule has 4 atom stereocenters. The Kier molecular flexibility index (Phi) is 18.1. The summed E-state index contributed by atoms with van der Waals surface area (Å²) in [6, 6.07) is 0. The SMILES string of the molecule is CCCCCCCCCCCCCCCC(C)(CCC)C1CCCC1CC(CCC)C(C)C. The Balaban J connectivity index is 2.30. The van der Waals surface area contributed by atoms with E-state index < -0.39 is 0 Å². The summed E-state index contributed by atoms with van der Waals surface area (Å²) in [5.74, 6) is 3.85. The molecule has 0 saturated heterocycles. The van der Waals surface area contributed by atoms with E-state index >= 15 is 0 Å². The highest BCUT2D eigenvalue weighted by atomic mass is 14.5. The molecule has 0 spiro atoms. The first kappa shape index (κ1) is 31.0.